The zero-order valence-electron chi connectivity index (χ0n) is 12.8. The van der Waals surface area contributed by atoms with Crippen LogP contribution in [0.1, 0.15) is 45.4 Å². The van der Waals surface area contributed by atoms with E-state index in [0.29, 0.717) is 23.0 Å². The van der Waals surface area contributed by atoms with Crippen LogP contribution >= 0.6 is 11.6 Å². The molecule has 0 aliphatic heterocycles. The number of hydrogen-bond acceptors (Lipinski definition) is 3. The van der Waals surface area contributed by atoms with Crippen molar-refractivity contribution < 1.29 is 14.3 Å². The van der Waals surface area contributed by atoms with Gasteiger partial charge in [-0.3, -0.25) is 9.59 Å². The summed E-state index contributed by atoms with van der Waals surface area (Å²) in [7, 11) is 0. The largest absolute Gasteiger partial charge is 0.453 e. The highest BCUT2D eigenvalue weighted by molar-refractivity contribution is 6.30. The fourth-order valence-corrected chi connectivity index (χ4v) is 2.83. The van der Waals surface area contributed by atoms with E-state index in [1.54, 1.807) is 31.2 Å². The average molecular weight is 324 g/mol. The van der Waals surface area contributed by atoms with Crippen LogP contribution in [0.5, 0.6) is 0 Å². The van der Waals surface area contributed by atoms with Gasteiger partial charge in [0.2, 0.25) is 0 Å². The van der Waals surface area contributed by atoms with E-state index >= 15 is 0 Å². The summed E-state index contributed by atoms with van der Waals surface area (Å²) < 4.78 is 5.19. The molecular formula is C17H22ClNO3. The molecule has 0 heterocycles. The van der Waals surface area contributed by atoms with Gasteiger partial charge < -0.3 is 10.1 Å². The van der Waals surface area contributed by atoms with Crippen LogP contribution in [0, 0.1) is 5.92 Å². The van der Waals surface area contributed by atoms with Gasteiger partial charge in [-0.2, -0.15) is 0 Å². The minimum atomic E-state index is -0.799. The molecule has 4 nitrogen and oxygen atoms in total. The lowest BCUT2D eigenvalue weighted by Gasteiger charge is -2.14. The Bertz CT molecular complexity index is 509. The first-order valence-electron chi connectivity index (χ1n) is 7.80. The molecule has 22 heavy (non-hydrogen) atoms. The zero-order valence-corrected chi connectivity index (χ0v) is 13.6. The summed E-state index contributed by atoms with van der Waals surface area (Å²) in [5, 5.41) is 3.30. The van der Waals surface area contributed by atoms with E-state index in [1.807, 2.05) is 0 Å². The molecule has 1 amide bonds. The maximum Gasteiger partial charge on any atom is 0.306 e. The molecule has 1 aromatic carbocycles. The minimum Gasteiger partial charge on any atom is -0.453 e. The number of nitrogens with one attached hydrogen (secondary N) is 1. The monoisotopic (exact) mass is 323 g/mol. The van der Waals surface area contributed by atoms with Crippen LogP contribution < -0.4 is 5.32 Å². The third-order valence-corrected chi connectivity index (χ3v) is 4.27. The quantitative estimate of drug-likeness (QED) is 0.799. The number of amides is 1. The second kappa shape index (κ2) is 8.18. The van der Waals surface area contributed by atoms with Crippen molar-refractivity contribution in [3.63, 3.8) is 0 Å². The molecule has 0 radical (unpaired) electrons. The topological polar surface area (TPSA) is 55.4 Å². The Labute approximate surface area is 136 Å². The van der Waals surface area contributed by atoms with Gasteiger partial charge in [-0.05, 0) is 43.5 Å². The highest BCUT2D eigenvalue weighted by Gasteiger charge is 2.20. The fourth-order valence-electron chi connectivity index (χ4n) is 2.71. The van der Waals surface area contributed by atoms with Crippen molar-refractivity contribution in [3.05, 3.63) is 29.3 Å². The van der Waals surface area contributed by atoms with Crippen molar-refractivity contribution in [2.45, 2.75) is 51.6 Å². The summed E-state index contributed by atoms with van der Waals surface area (Å²) in [6.45, 7) is 1.58. The molecule has 0 bridgehead atoms. The van der Waals surface area contributed by atoms with E-state index in [0.717, 1.165) is 6.42 Å². The predicted octanol–water partition coefficient (Wildman–Crippen LogP) is 4.18. The SMILES string of the molecule is C[C@H](OC(=O)CCC1CCCC1)C(=O)Nc1ccc(Cl)cc1. The second-order valence-electron chi connectivity index (χ2n) is 5.82. The third kappa shape index (κ3) is 5.34. The van der Waals surface area contributed by atoms with Gasteiger partial charge in [-0.1, -0.05) is 37.3 Å². The first-order chi connectivity index (χ1) is 10.5. The molecule has 0 aromatic heterocycles. The van der Waals surface area contributed by atoms with Gasteiger partial charge >= 0.3 is 5.97 Å². The molecule has 0 saturated heterocycles. The van der Waals surface area contributed by atoms with E-state index in [1.165, 1.54) is 25.7 Å². The van der Waals surface area contributed by atoms with Crippen molar-refractivity contribution >= 4 is 29.2 Å². The molecule has 1 aliphatic carbocycles. The molecule has 1 atom stereocenters. The van der Waals surface area contributed by atoms with Gasteiger partial charge in [0.15, 0.2) is 6.10 Å². The smallest absolute Gasteiger partial charge is 0.306 e. The molecule has 5 heteroatoms. The molecule has 1 N–H and O–H groups in total. The molecule has 1 fully saturated rings. The number of halogens is 1. The number of rotatable bonds is 6. The average Bonchev–Trinajstić information content (AvgIpc) is 3.01. The van der Waals surface area contributed by atoms with Gasteiger partial charge in [-0.15, -0.1) is 0 Å². The fraction of sp³-hybridized carbons (Fsp3) is 0.529. The summed E-state index contributed by atoms with van der Waals surface area (Å²) in [6.07, 6.45) is 5.40. The third-order valence-electron chi connectivity index (χ3n) is 4.02. The number of carbonyl (C=O) groups excluding carboxylic acids is 2. The van der Waals surface area contributed by atoms with Crippen molar-refractivity contribution in [2.24, 2.45) is 5.92 Å². The van der Waals surface area contributed by atoms with Gasteiger partial charge in [0.05, 0.1) is 0 Å². The van der Waals surface area contributed by atoms with E-state index in [9.17, 15) is 9.59 Å². The van der Waals surface area contributed by atoms with Crippen LogP contribution in [0.15, 0.2) is 24.3 Å². The van der Waals surface area contributed by atoms with Crippen molar-refractivity contribution in [1.82, 2.24) is 0 Å². The Hall–Kier alpha value is -1.55. The van der Waals surface area contributed by atoms with E-state index in [2.05, 4.69) is 5.32 Å². The van der Waals surface area contributed by atoms with Crippen LogP contribution in [-0.4, -0.2) is 18.0 Å². The molecule has 0 spiro atoms. The first kappa shape index (κ1) is 16.8. The number of esters is 1. The number of ether oxygens (including phenoxy) is 1. The van der Waals surface area contributed by atoms with Crippen molar-refractivity contribution in [3.8, 4) is 0 Å². The summed E-state index contributed by atoms with van der Waals surface area (Å²) in [6, 6.07) is 6.79. The Morgan fingerprint density at radius 1 is 1.27 bits per heavy atom. The molecular weight excluding hydrogens is 302 g/mol. The highest BCUT2D eigenvalue weighted by atomic mass is 35.5. The predicted molar refractivity (Wildman–Crippen MR) is 86.8 cm³/mol. The maximum atomic E-state index is 12.0. The van der Waals surface area contributed by atoms with Crippen LogP contribution in [0.3, 0.4) is 0 Å². The second-order valence-corrected chi connectivity index (χ2v) is 6.25. The Kier molecular flexibility index (Phi) is 6.25. The van der Waals surface area contributed by atoms with Gasteiger partial charge in [0.25, 0.3) is 5.91 Å². The molecule has 2 rings (SSSR count). The van der Waals surface area contributed by atoms with Crippen LogP contribution in [0.2, 0.25) is 5.02 Å². The summed E-state index contributed by atoms with van der Waals surface area (Å²) >= 11 is 5.79. The van der Waals surface area contributed by atoms with Crippen LogP contribution in [0.25, 0.3) is 0 Å². The summed E-state index contributed by atoms with van der Waals surface area (Å²) in [4.78, 5) is 23.8. The number of carbonyl (C=O) groups is 2. The summed E-state index contributed by atoms with van der Waals surface area (Å²) in [5.41, 5.74) is 0.628. The number of anilines is 1. The number of benzene rings is 1. The highest BCUT2D eigenvalue weighted by Crippen LogP contribution is 2.28. The van der Waals surface area contributed by atoms with E-state index in [4.69, 9.17) is 16.3 Å². The van der Waals surface area contributed by atoms with Gasteiger partial charge in [0.1, 0.15) is 0 Å². The number of hydrogen-bond donors (Lipinski definition) is 1. The van der Waals surface area contributed by atoms with Crippen molar-refractivity contribution in [1.29, 1.82) is 0 Å². The van der Waals surface area contributed by atoms with E-state index < -0.39 is 6.10 Å². The lowest BCUT2D eigenvalue weighted by molar-refractivity contribution is -0.153. The Morgan fingerprint density at radius 2 is 1.91 bits per heavy atom. The molecule has 1 aromatic rings. The Balaban J connectivity index is 1.72. The first-order valence-corrected chi connectivity index (χ1v) is 8.18. The van der Waals surface area contributed by atoms with Crippen LogP contribution in [-0.2, 0) is 14.3 Å². The Morgan fingerprint density at radius 3 is 2.55 bits per heavy atom. The summed E-state index contributed by atoms with van der Waals surface area (Å²) in [5.74, 6) is 0.00736. The molecule has 1 saturated carbocycles. The standard InChI is InChI=1S/C17H22ClNO3/c1-12(17(21)19-15-9-7-14(18)8-10-15)22-16(20)11-6-13-4-2-3-5-13/h7-10,12-13H,2-6,11H2,1H3,(H,19,21)/t12-/m0/s1. The molecule has 1 aliphatic rings. The zero-order chi connectivity index (χ0) is 15.9. The maximum absolute atomic E-state index is 12.0. The lowest BCUT2D eigenvalue weighted by atomic mass is 10.0. The van der Waals surface area contributed by atoms with Gasteiger partial charge in [-0.25, -0.2) is 0 Å². The minimum absolute atomic E-state index is 0.300. The lowest BCUT2D eigenvalue weighted by Crippen LogP contribution is -2.30. The van der Waals surface area contributed by atoms with Crippen LogP contribution in [0.4, 0.5) is 5.69 Å². The molecule has 120 valence electrons. The normalized spacial score (nSPS) is 16.3. The van der Waals surface area contributed by atoms with E-state index in [-0.39, 0.29) is 11.9 Å². The van der Waals surface area contributed by atoms with Gasteiger partial charge in [0, 0.05) is 17.1 Å². The molecule has 0 unspecified atom stereocenters. The van der Waals surface area contributed by atoms with Crippen molar-refractivity contribution in [2.75, 3.05) is 5.32 Å².